The fourth-order valence-electron chi connectivity index (χ4n) is 1.70. The molecule has 0 saturated heterocycles. The van der Waals surface area contributed by atoms with Crippen LogP contribution in [0.5, 0.6) is 0 Å². The van der Waals surface area contributed by atoms with Gasteiger partial charge in [0.05, 0.1) is 4.47 Å². The molecule has 0 heterocycles. The van der Waals surface area contributed by atoms with E-state index < -0.39 is 0 Å². The van der Waals surface area contributed by atoms with Crippen LogP contribution in [0.4, 0.5) is 4.39 Å². The quantitative estimate of drug-likeness (QED) is 0.608. The molecule has 0 unspecified atom stereocenters. The number of hydrogen-bond donors (Lipinski definition) is 0. The van der Waals surface area contributed by atoms with Crippen molar-refractivity contribution < 1.29 is 4.39 Å². The highest BCUT2D eigenvalue weighted by molar-refractivity contribution is 9.10. The molecular weight excluding hydrogens is 231 g/mol. The lowest BCUT2D eigenvalue weighted by Crippen LogP contribution is -2.05. The van der Waals surface area contributed by atoms with Crippen molar-refractivity contribution in [3.8, 4) is 0 Å². The van der Waals surface area contributed by atoms with E-state index in [1.54, 1.807) is 6.07 Å². The number of benzene rings is 1. The van der Waals surface area contributed by atoms with Crippen LogP contribution in [0.15, 0.2) is 28.8 Å². The van der Waals surface area contributed by atoms with Crippen LogP contribution in [0, 0.1) is 5.82 Å². The first-order valence-electron chi connectivity index (χ1n) is 4.30. The summed E-state index contributed by atoms with van der Waals surface area (Å²) in [6.45, 7) is 3.93. The van der Waals surface area contributed by atoms with Crippen molar-refractivity contribution >= 4 is 15.9 Å². The van der Waals surface area contributed by atoms with E-state index >= 15 is 0 Å². The normalized spacial score (nSPS) is 15.7. The number of aryl methyl sites for hydroxylation is 1. The molecular formula is C11H10BrF. The number of allylic oxidation sites excluding steroid dienone is 1. The molecule has 0 spiro atoms. The van der Waals surface area contributed by atoms with Gasteiger partial charge in [-0.3, -0.25) is 0 Å². The smallest absolute Gasteiger partial charge is 0.137 e. The van der Waals surface area contributed by atoms with Crippen molar-refractivity contribution in [3.63, 3.8) is 0 Å². The van der Waals surface area contributed by atoms with E-state index in [-0.39, 0.29) is 5.82 Å². The zero-order chi connectivity index (χ0) is 9.42. The Morgan fingerprint density at radius 2 is 2.00 bits per heavy atom. The average molecular weight is 241 g/mol. The van der Waals surface area contributed by atoms with E-state index in [1.807, 2.05) is 6.07 Å². The first-order chi connectivity index (χ1) is 6.16. The highest BCUT2D eigenvalue weighted by Gasteiger charge is 2.13. The Morgan fingerprint density at radius 3 is 2.77 bits per heavy atom. The predicted octanol–water partition coefficient (Wildman–Crippen LogP) is 3.63. The van der Waals surface area contributed by atoms with Crippen LogP contribution in [0.25, 0.3) is 0 Å². The molecule has 0 saturated carbocycles. The van der Waals surface area contributed by atoms with Crippen molar-refractivity contribution in [2.45, 2.75) is 19.3 Å². The Bertz CT molecular complexity index is 369. The average Bonchev–Trinajstić information content (AvgIpc) is 2.08. The molecule has 0 bridgehead atoms. The van der Waals surface area contributed by atoms with Gasteiger partial charge < -0.3 is 0 Å². The van der Waals surface area contributed by atoms with Gasteiger partial charge in [-0.05, 0) is 58.5 Å². The van der Waals surface area contributed by atoms with Crippen LogP contribution in [0.2, 0.25) is 0 Å². The van der Waals surface area contributed by atoms with Crippen LogP contribution >= 0.6 is 15.9 Å². The van der Waals surface area contributed by atoms with Crippen molar-refractivity contribution in [3.05, 3.63) is 45.7 Å². The van der Waals surface area contributed by atoms with Gasteiger partial charge in [0.15, 0.2) is 0 Å². The molecule has 0 amide bonds. The van der Waals surface area contributed by atoms with E-state index in [4.69, 9.17) is 0 Å². The molecule has 68 valence electrons. The minimum atomic E-state index is -0.173. The fourth-order valence-corrected chi connectivity index (χ4v) is 2.09. The van der Waals surface area contributed by atoms with Gasteiger partial charge in [0, 0.05) is 0 Å². The summed E-state index contributed by atoms with van der Waals surface area (Å²) in [7, 11) is 0. The maximum absolute atomic E-state index is 13.2. The Balaban J connectivity index is 2.49. The first-order valence-corrected chi connectivity index (χ1v) is 5.09. The summed E-state index contributed by atoms with van der Waals surface area (Å²) in [6.07, 6.45) is 2.86. The van der Waals surface area contributed by atoms with Crippen molar-refractivity contribution in [1.82, 2.24) is 0 Å². The lowest BCUT2D eigenvalue weighted by atomic mass is 9.89. The van der Waals surface area contributed by atoms with Crippen molar-refractivity contribution in [2.24, 2.45) is 0 Å². The van der Waals surface area contributed by atoms with Crippen LogP contribution in [-0.4, -0.2) is 0 Å². The molecule has 1 aromatic carbocycles. The molecule has 1 aliphatic rings. The monoisotopic (exact) mass is 240 g/mol. The maximum atomic E-state index is 13.2. The van der Waals surface area contributed by atoms with Gasteiger partial charge in [-0.1, -0.05) is 12.2 Å². The van der Waals surface area contributed by atoms with Crippen LogP contribution < -0.4 is 0 Å². The predicted molar refractivity (Wildman–Crippen MR) is 55.3 cm³/mol. The molecule has 0 fully saturated rings. The number of halogens is 2. The Hall–Kier alpha value is -0.630. The molecule has 0 radical (unpaired) electrons. The standard InChI is InChI=1S/C11H10BrF/c1-7-2-3-8-5-10(12)11(13)6-9(8)4-7/h5-6H,1-4H2. The summed E-state index contributed by atoms with van der Waals surface area (Å²) in [6, 6.07) is 3.50. The highest BCUT2D eigenvalue weighted by Crippen LogP contribution is 2.28. The maximum Gasteiger partial charge on any atom is 0.137 e. The SMILES string of the molecule is C=C1CCc2cc(Br)c(F)cc2C1. The van der Waals surface area contributed by atoms with E-state index in [0.29, 0.717) is 4.47 Å². The summed E-state index contributed by atoms with van der Waals surface area (Å²) in [4.78, 5) is 0. The minimum Gasteiger partial charge on any atom is -0.206 e. The van der Waals surface area contributed by atoms with Crippen molar-refractivity contribution in [1.29, 1.82) is 0 Å². The molecule has 0 atom stereocenters. The van der Waals surface area contributed by atoms with Gasteiger partial charge in [0.25, 0.3) is 0 Å². The Labute approximate surface area is 85.6 Å². The zero-order valence-electron chi connectivity index (χ0n) is 7.24. The molecule has 1 aliphatic carbocycles. The number of fused-ring (bicyclic) bond motifs is 1. The molecule has 0 aromatic heterocycles. The molecule has 1 aromatic rings. The van der Waals surface area contributed by atoms with E-state index in [0.717, 1.165) is 24.8 Å². The summed E-state index contributed by atoms with van der Waals surface area (Å²) in [5.41, 5.74) is 3.55. The summed E-state index contributed by atoms with van der Waals surface area (Å²) >= 11 is 3.19. The van der Waals surface area contributed by atoms with Crippen LogP contribution in [0.1, 0.15) is 17.5 Å². The van der Waals surface area contributed by atoms with Gasteiger partial charge in [0.1, 0.15) is 5.82 Å². The summed E-state index contributed by atoms with van der Waals surface area (Å²) < 4.78 is 13.7. The summed E-state index contributed by atoms with van der Waals surface area (Å²) in [5, 5.41) is 0. The zero-order valence-corrected chi connectivity index (χ0v) is 8.83. The molecule has 2 heteroatoms. The van der Waals surface area contributed by atoms with Crippen LogP contribution in [-0.2, 0) is 12.8 Å². The molecule has 0 aliphatic heterocycles. The van der Waals surface area contributed by atoms with E-state index in [9.17, 15) is 4.39 Å². The van der Waals surface area contributed by atoms with Crippen LogP contribution in [0.3, 0.4) is 0 Å². The minimum absolute atomic E-state index is 0.173. The number of rotatable bonds is 0. The third-order valence-corrected chi connectivity index (χ3v) is 3.04. The van der Waals surface area contributed by atoms with Gasteiger partial charge >= 0.3 is 0 Å². The second-order valence-electron chi connectivity index (χ2n) is 3.46. The third kappa shape index (κ3) is 1.68. The largest absolute Gasteiger partial charge is 0.206 e. The molecule has 0 N–H and O–H groups in total. The molecule has 13 heavy (non-hydrogen) atoms. The molecule has 0 nitrogen and oxygen atoms in total. The van der Waals surface area contributed by atoms with E-state index in [1.165, 1.54) is 11.1 Å². The Morgan fingerprint density at radius 1 is 1.23 bits per heavy atom. The lowest BCUT2D eigenvalue weighted by Gasteiger charge is -2.18. The summed E-state index contributed by atoms with van der Waals surface area (Å²) in [5.74, 6) is -0.173. The number of hydrogen-bond acceptors (Lipinski definition) is 0. The Kier molecular flexibility index (Phi) is 2.24. The second kappa shape index (κ2) is 3.26. The highest BCUT2D eigenvalue weighted by atomic mass is 79.9. The van der Waals surface area contributed by atoms with Crippen molar-refractivity contribution in [2.75, 3.05) is 0 Å². The molecule has 2 rings (SSSR count). The topological polar surface area (TPSA) is 0 Å². The van der Waals surface area contributed by atoms with E-state index in [2.05, 4.69) is 22.5 Å². The van der Waals surface area contributed by atoms with Gasteiger partial charge in [-0.2, -0.15) is 0 Å². The van der Waals surface area contributed by atoms with Gasteiger partial charge in [0.2, 0.25) is 0 Å². The second-order valence-corrected chi connectivity index (χ2v) is 4.32. The lowest BCUT2D eigenvalue weighted by molar-refractivity contribution is 0.616. The first kappa shape index (κ1) is 8.95. The van der Waals surface area contributed by atoms with Gasteiger partial charge in [-0.15, -0.1) is 0 Å². The third-order valence-electron chi connectivity index (χ3n) is 2.43. The fraction of sp³-hybridized carbons (Fsp3) is 0.273. The van der Waals surface area contributed by atoms with Gasteiger partial charge in [-0.25, -0.2) is 4.39 Å².